The second-order valence-corrected chi connectivity index (χ2v) is 5.89. The molecule has 2 heteroatoms. The molecule has 1 aliphatic heterocycles. The molecule has 1 saturated heterocycles. The third kappa shape index (κ3) is 3.53. The van der Waals surface area contributed by atoms with Crippen molar-refractivity contribution in [2.75, 3.05) is 0 Å². The van der Waals surface area contributed by atoms with E-state index >= 15 is 0 Å². The predicted octanol–water partition coefficient (Wildman–Crippen LogP) is 4.13. The molecule has 0 saturated carbocycles. The summed E-state index contributed by atoms with van der Waals surface area (Å²) in [7, 11) is 0. The van der Waals surface area contributed by atoms with Crippen molar-refractivity contribution in [3.63, 3.8) is 0 Å². The maximum Gasteiger partial charge on any atom is 0.0208 e. The van der Waals surface area contributed by atoms with E-state index in [9.17, 15) is 0 Å². The van der Waals surface area contributed by atoms with Gasteiger partial charge in [-0.3, -0.25) is 0 Å². The smallest absolute Gasteiger partial charge is 0.0208 e. The molecule has 0 aliphatic carbocycles. The molecule has 16 heavy (non-hydrogen) atoms. The van der Waals surface area contributed by atoms with E-state index in [0.717, 1.165) is 0 Å². The molecule has 0 spiro atoms. The molecule has 1 radical (unpaired) electrons. The van der Waals surface area contributed by atoms with E-state index in [0.29, 0.717) is 35.7 Å². The first-order valence-corrected chi connectivity index (χ1v) is 6.39. The third-order valence-electron chi connectivity index (χ3n) is 4.12. The predicted molar refractivity (Wildman–Crippen MR) is 65.3 cm³/mol. The van der Waals surface area contributed by atoms with Crippen molar-refractivity contribution in [1.29, 1.82) is 0 Å². The van der Waals surface area contributed by atoms with Gasteiger partial charge < -0.3 is 4.74 Å². The van der Waals surface area contributed by atoms with Crippen LogP contribution in [0.25, 0.3) is 0 Å². The second kappa shape index (κ2) is 6.85. The summed E-state index contributed by atoms with van der Waals surface area (Å²) < 4.78 is 6.09. The molecule has 4 unspecified atom stereocenters. The number of rotatable bonds is 3. The van der Waals surface area contributed by atoms with Crippen LogP contribution in [0.1, 0.15) is 48.5 Å². The van der Waals surface area contributed by atoms with Crippen LogP contribution in [0.15, 0.2) is 0 Å². The van der Waals surface area contributed by atoms with Gasteiger partial charge in [-0.1, -0.05) is 53.4 Å². The minimum absolute atomic E-state index is 0. The van der Waals surface area contributed by atoms with Gasteiger partial charge in [-0.05, 0) is 12.8 Å². The van der Waals surface area contributed by atoms with Crippen molar-refractivity contribution >= 4 is 0 Å². The zero-order valence-electron chi connectivity index (χ0n) is 11.9. The van der Waals surface area contributed by atoms with E-state index in [1.165, 1.54) is 6.10 Å². The fraction of sp³-hybridized carbons (Fsp3) is 0.929. The fourth-order valence-electron chi connectivity index (χ4n) is 2.63. The van der Waals surface area contributed by atoms with Crippen molar-refractivity contribution in [1.82, 2.24) is 0 Å². The molecular weight excluding hydrogens is 273 g/mol. The van der Waals surface area contributed by atoms with Crippen molar-refractivity contribution in [2.45, 2.75) is 54.6 Å². The molecule has 1 nitrogen and oxygen atoms in total. The van der Waals surface area contributed by atoms with Gasteiger partial charge >= 0.3 is 0 Å². The van der Waals surface area contributed by atoms with Crippen LogP contribution in [0.5, 0.6) is 0 Å². The van der Waals surface area contributed by atoms with E-state index in [1.807, 2.05) is 0 Å². The van der Waals surface area contributed by atoms with E-state index in [1.54, 1.807) is 0 Å². The van der Waals surface area contributed by atoms with Crippen LogP contribution in [0, 0.1) is 35.7 Å². The van der Waals surface area contributed by atoms with Crippen LogP contribution < -0.4 is 0 Å². The zero-order chi connectivity index (χ0) is 11.7. The van der Waals surface area contributed by atoms with Crippen LogP contribution >= 0.6 is 0 Å². The average Bonchev–Trinajstić information content (AvgIpc) is 2.41. The Hall–Kier alpha value is 1.06. The van der Waals surface area contributed by atoms with E-state index in [2.05, 4.69) is 48.5 Å². The molecule has 1 fully saturated rings. The normalized spacial score (nSPS) is 33.2. The van der Waals surface area contributed by atoms with Crippen LogP contribution in [-0.4, -0.2) is 6.10 Å². The van der Waals surface area contributed by atoms with Gasteiger partial charge in [0.25, 0.3) is 0 Å². The Kier molecular flexibility index (Phi) is 7.31. The molecule has 0 bridgehead atoms. The topological polar surface area (TPSA) is 9.23 Å². The first kappa shape index (κ1) is 17.1. The van der Waals surface area contributed by atoms with Gasteiger partial charge in [-0.2, -0.15) is 6.10 Å². The van der Waals surface area contributed by atoms with Gasteiger partial charge in [0.15, 0.2) is 0 Å². The third-order valence-corrected chi connectivity index (χ3v) is 4.12. The van der Waals surface area contributed by atoms with Crippen molar-refractivity contribution in [2.24, 2.45) is 29.6 Å². The van der Waals surface area contributed by atoms with Gasteiger partial charge in [-0.15, -0.1) is 11.8 Å². The molecule has 0 N–H and O–H groups in total. The minimum Gasteiger partial charge on any atom is -0.546 e. The van der Waals surface area contributed by atoms with Gasteiger partial charge in [0.1, 0.15) is 0 Å². The molecule has 0 aromatic heterocycles. The molecule has 1 rings (SSSR count). The SMILES string of the molecule is CC(C)C(C)[C-]1OC(C)C(C)C1C(C)C.[Y]. The second-order valence-electron chi connectivity index (χ2n) is 5.89. The first-order valence-electron chi connectivity index (χ1n) is 6.39. The van der Waals surface area contributed by atoms with Gasteiger partial charge in [0.2, 0.25) is 0 Å². The van der Waals surface area contributed by atoms with E-state index < -0.39 is 0 Å². The Morgan fingerprint density at radius 3 is 1.88 bits per heavy atom. The van der Waals surface area contributed by atoms with Crippen molar-refractivity contribution < 1.29 is 37.4 Å². The van der Waals surface area contributed by atoms with Crippen LogP contribution in [-0.2, 0) is 37.4 Å². The average molecular weight is 300 g/mol. The standard InChI is InChI=1S/C14H27O.Y/c1-8(2)10(5)14-13(9(3)4)11(6)12(7)15-14;/h8-13H,1-7H3;/q-1;. The minimum atomic E-state index is 0. The van der Waals surface area contributed by atoms with Gasteiger partial charge in [-0.25, -0.2) is 0 Å². The van der Waals surface area contributed by atoms with Crippen molar-refractivity contribution in [3.8, 4) is 0 Å². The molecule has 0 amide bonds. The summed E-state index contributed by atoms with van der Waals surface area (Å²) in [6.07, 6.45) is 1.76. The molecule has 1 aliphatic rings. The fourth-order valence-corrected chi connectivity index (χ4v) is 2.63. The van der Waals surface area contributed by atoms with Gasteiger partial charge in [0.05, 0.1) is 0 Å². The maximum atomic E-state index is 6.09. The van der Waals surface area contributed by atoms with E-state index in [4.69, 9.17) is 4.74 Å². The number of hydrogen-bond acceptors (Lipinski definition) is 1. The van der Waals surface area contributed by atoms with Crippen molar-refractivity contribution in [3.05, 3.63) is 6.10 Å². The monoisotopic (exact) mass is 300 g/mol. The Bertz CT molecular complexity index is 203. The first-order chi connectivity index (χ1) is 6.86. The summed E-state index contributed by atoms with van der Waals surface area (Å²) >= 11 is 0. The molecule has 0 aromatic rings. The molecule has 1 heterocycles. The zero-order valence-corrected chi connectivity index (χ0v) is 14.8. The number of ether oxygens (including phenoxy) is 1. The Labute approximate surface area is 127 Å². The Balaban J connectivity index is 0.00000225. The maximum absolute atomic E-state index is 6.09. The number of hydrogen-bond donors (Lipinski definition) is 0. The van der Waals surface area contributed by atoms with Crippen LogP contribution in [0.4, 0.5) is 0 Å². The molecule has 0 aromatic carbocycles. The molecule has 4 atom stereocenters. The van der Waals surface area contributed by atoms with Gasteiger partial charge in [0, 0.05) is 38.8 Å². The summed E-state index contributed by atoms with van der Waals surface area (Å²) in [5.41, 5.74) is 0. The summed E-state index contributed by atoms with van der Waals surface area (Å²) in [6.45, 7) is 16.0. The largest absolute Gasteiger partial charge is 0.546 e. The quantitative estimate of drug-likeness (QED) is 0.712. The molecular formula is C14H27OY-. The van der Waals surface area contributed by atoms with Crippen LogP contribution in [0.2, 0.25) is 0 Å². The summed E-state index contributed by atoms with van der Waals surface area (Å²) in [5.74, 6) is 3.28. The van der Waals surface area contributed by atoms with Crippen LogP contribution in [0.3, 0.4) is 0 Å². The Morgan fingerprint density at radius 2 is 1.50 bits per heavy atom. The summed E-state index contributed by atoms with van der Waals surface area (Å²) in [4.78, 5) is 0. The van der Waals surface area contributed by atoms with E-state index in [-0.39, 0.29) is 32.7 Å². The summed E-state index contributed by atoms with van der Waals surface area (Å²) in [5, 5.41) is 0. The summed E-state index contributed by atoms with van der Waals surface area (Å²) in [6, 6.07) is 0. The molecule has 93 valence electrons. The Morgan fingerprint density at radius 1 is 1.00 bits per heavy atom.